The third-order valence-electron chi connectivity index (χ3n) is 1.44. The predicted octanol–water partition coefficient (Wildman–Crippen LogP) is 0.198. The van der Waals surface area contributed by atoms with Crippen LogP contribution in [0.15, 0.2) is 0 Å². The van der Waals surface area contributed by atoms with Crippen molar-refractivity contribution in [1.29, 1.82) is 0 Å². The van der Waals surface area contributed by atoms with Crippen LogP contribution < -0.4 is 0 Å². The minimum Gasteiger partial charge on any atom is -0.481 e. The topological polar surface area (TPSA) is 83.8 Å². The molecule has 1 unspecified atom stereocenters. The van der Waals surface area contributed by atoms with Crippen LogP contribution in [-0.2, 0) is 14.3 Å². The van der Waals surface area contributed by atoms with Gasteiger partial charge in [0.1, 0.15) is 0 Å². The summed E-state index contributed by atoms with van der Waals surface area (Å²) in [6.07, 6.45) is -0.114. The van der Waals surface area contributed by atoms with Gasteiger partial charge in [0.15, 0.2) is 0 Å². The standard InChI is InChI=1S/C7H12O5/c1-12-3-2-5(7(10)11)4-6(8)9/h5H,2-4H2,1H3,(H,8,9)(H,10,11). The summed E-state index contributed by atoms with van der Waals surface area (Å²) < 4.78 is 4.65. The number of carboxylic acid groups (broad SMARTS) is 2. The van der Waals surface area contributed by atoms with Gasteiger partial charge in [-0.1, -0.05) is 0 Å². The van der Waals surface area contributed by atoms with Gasteiger partial charge in [-0.15, -0.1) is 0 Å². The highest BCUT2D eigenvalue weighted by molar-refractivity contribution is 5.77. The Morgan fingerprint density at radius 2 is 2.00 bits per heavy atom. The van der Waals surface area contributed by atoms with Gasteiger partial charge in [0.25, 0.3) is 0 Å². The Kier molecular flexibility index (Phi) is 5.03. The zero-order valence-electron chi connectivity index (χ0n) is 6.82. The summed E-state index contributed by atoms with van der Waals surface area (Å²) in [5, 5.41) is 16.9. The number of aliphatic carboxylic acids is 2. The molecule has 0 saturated heterocycles. The molecule has 0 aliphatic rings. The maximum Gasteiger partial charge on any atom is 0.307 e. The molecule has 0 rings (SSSR count). The van der Waals surface area contributed by atoms with E-state index in [-0.39, 0.29) is 19.4 Å². The summed E-state index contributed by atoms with van der Waals surface area (Å²) in [5.74, 6) is -3.03. The Morgan fingerprint density at radius 1 is 1.42 bits per heavy atom. The van der Waals surface area contributed by atoms with Crippen LogP contribution >= 0.6 is 0 Å². The molecule has 5 heteroatoms. The van der Waals surface area contributed by atoms with Crippen LogP contribution in [-0.4, -0.2) is 35.9 Å². The van der Waals surface area contributed by atoms with E-state index >= 15 is 0 Å². The Hall–Kier alpha value is -1.10. The summed E-state index contributed by atoms with van der Waals surface area (Å²) >= 11 is 0. The molecule has 0 spiro atoms. The predicted molar refractivity (Wildman–Crippen MR) is 39.9 cm³/mol. The molecular weight excluding hydrogens is 164 g/mol. The van der Waals surface area contributed by atoms with Crippen molar-refractivity contribution in [2.24, 2.45) is 5.92 Å². The van der Waals surface area contributed by atoms with Crippen molar-refractivity contribution < 1.29 is 24.5 Å². The van der Waals surface area contributed by atoms with E-state index in [9.17, 15) is 9.59 Å². The molecular formula is C7H12O5. The van der Waals surface area contributed by atoms with Crippen molar-refractivity contribution in [3.05, 3.63) is 0 Å². The van der Waals surface area contributed by atoms with Crippen molar-refractivity contribution in [1.82, 2.24) is 0 Å². The van der Waals surface area contributed by atoms with E-state index in [1.807, 2.05) is 0 Å². The van der Waals surface area contributed by atoms with E-state index in [0.717, 1.165) is 0 Å². The molecule has 0 aliphatic heterocycles. The smallest absolute Gasteiger partial charge is 0.307 e. The van der Waals surface area contributed by atoms with Crippen molar-refractivity contribution in [3.8, 4) is 0 Å². The third-order valence-corrected chi connectivity index (χ3v) is 1.44. The molecule has 0 aromatic carbocycles. The maximum absolute atomic E-state index is 10.4. The average molecular weight is 176 g/mol. The van der Waals surface area contributed by atoms with Crippen molar-refractivity contribution in [2.75, 3.05) is 13.7 Å². The summed E-state index contributed by atoms with van der Waals surface area (Å²) in [7, 11) is 1.44. The second kappa shape index (κ2) is 5.54. The van der Waals surface area contributed by atoms with Gasteiger partial charge in [-0.3, -0.25) is 9.59 Å². The van der Waals surface area contributed by atoms with Crippen LogP contribution in [0.4, 0.5) is 0 Å². The number of ether oxygens (including phenoxy) is 1. The lowest BCUT2D eigenvalue weighted by Crippen LogP contribution is -2.19. The van der Waals surface area contributed by atoms with Crippen molar-refractivity contribution in [2.45, 2.75) is 12.8 Å². The van der Waals surface area contributed by atoms with Crippen LogP contribution in [0.25, 0.3) is 0 Å². The van der Waals surface area contributed by atoms with Gasteiger partial charge in [-0.05, 0) is 6.42 Å². The maximum atomic E-state index is 10.4. The van der Waals surface area contributed by atoms with E-state index in [2.05, 4.69) is 4.74 Å². The first-order valence-electron chi connectivity index (χ1n) is 3.51. The number of carboxylic acids is 2. The van der Waals surface area contributed by atoms with Crippen molar-refractivity contribution in [3.63, 3.8) is 0 Å². The van der Waals surface area contributed by atoms with Gasteiger partial charge < -0.3 is 14.9 Å². The second-order valence-corrected chi connectivity index (χ2v) is 2.41. The van der Waals surface area contributed by atoms with Crippen LogP contribution in [0.5, 0.6) is 0 Å². The molecule has 1 atom stereocenters. The highest BCUT2D eigenvalue weighted by Gasteiger charge is 2.20. The van der Waals surface area contributed by atoms with E-state index in [0.29, 0.717) is 0 Å². The van der Waals surface area contributed by atoms with E-state index in [1.165, 1.54) is 7.11 Å². The van der Waals surface area contributed by atoms with Crippen LogP contribution in [0, 0.1) is 5.92 Å². The first kappa shape index (κ1) is 10.9. The fraction of sp³-hybridized carbons (Fsp3) is 0.714. The lowest BCUT2D eigenvalue weighted by Gasteiger charge is -2.07. The third kappa shape index (κ3) is 4.68. The fourth-order valence-electron chi connectivity index (χ4n) is 0.784. The summed E-state index contributed by atoms with van der Waals surface area (Å²) in [6.45, 7) is 0.268. The largest absolute Gasteiger partial charge is 0.481 e. The van der Waals surface area contributed by atoms with Gasteiger partial charge in [-0.2, -0.15) is 0 Å². The molecule has 0 aromatic heterocycles. The summed E-state index contributed by atoms with van der Waals surface area (Å²) in [6, 6.07) is 0. The van der Waals surface area contributed by atoms with Gasteiger partial charge >= 0.3 is 11.9 Å². The van der Waals surface area contributed by atoms with Crippen LogP contribution in [0.2, 0.25) is 0 Å². The number of hydrogen-bond acceptors (Lipinski definition) is 3. The number of carbonyl (C=O) groups is 2. The lowest BCUT2D eigenvalue weighted by molar-refractivity contribution is -0.148. The number of hydrogen-bond donors (Lipinski definition) is 2. The zero-order chi connectivity index (χ0) is 9.56. The van der Waals surface area contributed by atoms with Gasteiger partial charge in [0.2, 0.25) is 0 Å². The molecule has 5 nitrogen and oxygen atoms in total. The Bertz CT molecular complexity index is 165. The van der Waals surface area contributed by atoms with Gasteiger partial charge in [0, 0.05) is 13.7 Å². The fourth-order valence-corrected chi connectivity index (χ4v) is 0.784. The second-order valence-electron chi connectivity index (χ2n) is 2.41. The molecule has 0 saturated carbocycles. The van der Waals surface area contributed by atoms with Crippen molar-refractivity contribution >= 4 is 11.9 Å². The summed E-state index contributed by atoms with van der Waals surface area (Å²) in [5.41, 5.74) is 0. The monoisotopic (exact) mass is 176 g/mol. The zero-order valence-corrected chi connectivity index (χ0v) is 6.82. The van der Waals surface area contributed by atoms with Gasteiger partial charge in [-0.25, -0.2) is 0 Å². The minimum absolute atomic E-state index is 0.234. The Morgan fingerprint density at radius 3 is 2.33 bits per heavy atom. The molecule has 0 fully saturated rings. The van der Waals surface area contributed by atoms with Gasteiger partial charge in [0.05, 0.1) is 12.3 Å². The molecule has 0 bridgehead atoms. The van der Waals surface area contributed by atoms with Crippen LogP contribution in [0.3, 0.4) is 0 Å². The molecule has 70 valence electrons. The normalized spacial score (nSPS) is 12.4. The molecule has 0 amide bonds. The molecule has 0 radical (unpaired) electrons. The molecule has 2 N–H and O–H groups in total. The highest BCUT2D eigenvalue weighted by Crippen LogP contribution is 2.08. The highest BCUT2D eigenvalue weighted by atomic mass is 16.5. The van der Waals surface area contributed by atoms with Crippen LogP contribution in [0.1, 0.15) is 12.8 Å². The van der Waals surface area contributed by atoms with E-state index in [4.69, 9.17) is 10.2 Å². The Labute approximate surface area is 70.0 Å². The molecule has 0 heterocycles. The quantitative estimate of drug-likeness (QED) is 0.603. The molecule has 12 heavy (non-hydrogen) atoms. The number of methoxy groups -OCH3 is 1. The Balaban J connectivity index is 3.87. The average Bonchev–Trinajstić information content (AvgIpc) is 1.96. The first-order valence-corrected chi connectivity index (χ1v) is 3.51. The van der Waals surface area contributed by atoms with E-state index in [1.54, 1.807) is 0 Å². The SMILES string of the molecule is COCCC(CC(=O)O)C(=O)O. The lowest BCUT2D eigenvalue weighted by atomic mass is 10.0. The molecule has 0 aliphatic carbocycles. The van der Waals surface area contributed by atoms with E-state index < -0.39 is 17.9 Å². The first-order chi connectivity index (χ1) is 5.57. The summed E-state index contributed by atoms with van der Waals surface area (Å²) in [4.78, 5) is 20.6. The molecule has 0 aromatic rings. The number of rotatable bonds is 6. The minimum atomic E-state index is -1.10.